The Morgan fingerprint density at radius 1 is 0.917 bits per heavy atom. The fraction of sp³-hybridized carbons (Fsp3) is 0.619. The molecule has 1 rings (SSSR count). The zero-order chi connectivity index (χ0) is 17.8. The third-order valence-corrected chi connectivity index (χ3v) is 6.80. The lowest BCUT2D eigenvalue weighted by Gasteiger charge is -2.40. The molecule has 1 aromatic carbocycles. The molecule has 1 aromatic rings. The number of rotatable bonds is 13. The normalized spacial score (nSPS) is 12.1. The van der Waals surface area contributed by atoms with Gasteiger partial charge < -0.3 is 0 Å². The van der Waals surface area contributed by atoms with Crippen LogP contribution >= 0.6 is 0 Å². The van der Waals surface area contributed by atoms with Crippen molar-refractivity contribution >= 4 is 20.8 Å². The summed E-state index contributed by atoms with van der Waals surface area (Å²) in [5.74, 6) is 0.643. The maximum absolute atomic E-state index is 3.93. The van der Waals surface area contributed by atoms with Crippen LogP contribution in [0.3, 0.4) is 0 Å². The van der Waals surface area contributed by atoms with Gasteiger partial charge in [-0.2, -0.15) is 0 Å². The molecule has 0 saturated carbocycles. The molecular weight excluding hydrogens is 308 g/mol. The molecule has 0 atom stereocenters. The topological polar surface area (TPSA) is 6.48 Å². The van der Waals surface area contributed by atoms with Crippen LogP contribution in [-0.2, 0) is 0 Å². The van der Waals surface area contributed by atoms with Gasteiger partial charge in [-0.15, -0.1) is 0 Å². The Balaban J connectivity index is 3.05. The predicted octanol–water partition coefficient (Wildman–Crippen LogP) is 3.65. The number of hydrogen-bond donors (Lipinski definition) is 0. The van der Waals surface area contributed by atoms with Gasteiger partial charge in [-0.05, 0) is 57.4 Å². The van der Waals surface area contributed by atoms with E-state index in [0.717, 1.165) is 0 Å². The molecule has 0 aliphatic rings. The zero-order valence-corrected chi connectivity index (χ0v) is 17.8. The molecule has 0 aliphatic carbocycles. The molecule has 136 valence electrons. The van der Waals surface area contributed by atoms with Crippen LogP contribution in [0.5, 0.6) is 0 Å². The Labute approximate surface area is 152 Å². The molecule has 0 aliphatic heterocycles. The van der Waals surface area contributed by atoms with Gasteiger partial charge in [0.1, 0.15) is 0 Å². The minimum atomic E-state index is -0.400. The van der Waals surface area contributed by atoms with Crippen LogP contribution in [0.4, 0.5) is 0 Å². The van der Waals surface area contributed by atoms with Crippen LogP contribution in [0.1, 0.15) is 58.9 Å². The predicted molar refractivity (Wildman–Crippen MR) is 113 cm³/mol. The Morgan fingerprint density at radius 2 is 1.42 bits per heavy atom. The molecule has 0 unspecified atom stereocenters. The molecule has 2 nitrogen and oxygen atoms in total. The second kappa shape index (κ2) is 12.5. The molecule has 0 aromatic heterocycles. The van der Waals surface area contributed by atoms with Crippen molar-refractivity contribution in [1.82, 2.24) is 9.80 Å². The van der Waals surface area contributed by atoms with E-state index in [0.29, 0.717) is 5.79 Å². The molecule has 0 amide bonds. The Kier molecular flexibility index (Phi) is 11.0. The Bertz CT molecular complexity index is 433. The SMILES string of the molecule is C=Cc1cccc([SiH2]C(N(CCC)CCC)N(CCC)CCC)c1. The molecular formula is C21H38N2Si. The maximum atomic E-state index is 3.93. The van der Waals surface area contributed by atoms with Gasteiger partial charge in [0, 0.05) is 0 Å². The minimum Gasteiger partial charge on any atom is -0.291 e. The van der Waals surface area contributed by atoms with Gasteiger partial charge in [0.05, 0.1) is 15.3 Å². The summed E-state index contributed by atoms with van der Waals surface area (Å²) >= 11 is 0. The summed E-state index contributed by atoms with van der Waals surface area (Å²) in [5.41, 5.74) is 1.26. The molecule has 0 bridgehead atoms. The summed E-state index contributed by atoms with van der Waals surface area (Å²) in [5, 5.41) is 1.56. The second-order valence-electron chi connectivity index (χ2n) is 6.71. The largest absolute Gasteiger partial charge is 0.291 e. The number of benzene rings is 1. The highest BCUT2D eigenvalue weighted by molar-refractivity contribution is 6.55. The van der Waals surface area contributed by atoms with Crippen molar-refractivity contribution in [3.05, 3.63) is 36.4 Å². The van der Waals surface area contributed by atoms with Crippen LogP contribution in [0.2, 0.25) is 0 Å². The van der Waals surface area contributed by atoms with E-state index >= 15 is 0 Å². The van der Waals surface area contributed by atoms with Crippen LogP contribution in [-0.4, -0.2) is 51.3 Å². The van der Waals surface area contributed by atoms with Crippen molar-refractivity contribution in [2.24, 2.45) is 0 Å². The summed E-state index contributed by atoms with van der Waals surface area (Å²) in [6.07, 6.45) is 6.93. The average Bonchev–Trinajstić information content (AvgIpc) is 2.60. The van der Waals surface area contributed by atoms with E-state index in [1.54, 1.807) is 5.19 Å². The van der Waals surface area contributed by atoms with E-state index in [-0.39, 0.29) is 0 Å². The zero-order valence-electron chi connectivity index (χ0n) is 16.4. The first kappa shape index (κ1) is 21.1. The summed E-state index contributed by atoms with van der Waals surface area (Å²) in [6, 6.07) is 9.05. The van der Waals surface area contributed by atoms with Crippen LogP contribution < -0.4 is 5.19 Å². The molecule has 24 heavy (non-hydrogen) atoms. The summed E-state index contributed by atoms with van der Waals surface area (Å²) in [6.45, 7) is 18.0. The van der Waals surface area contributed by atoms with E-state index in [1.165, 1.54) is 57.4 Å². The van der Waals surface area contributed by atoms with Gasteiger partial charge in [-0.25, -0.2) is 0 Å². The Morgan fingerprint density at radius 3 is 1.83 bits per heavy atom. The van der Waals surface area contributed by atoms with Gasteiger partial charge in [0.15, 0.2) is 0 Å². The van der Waals surface area contributed by atoms with Crippen LogP contribution in [0.15, 0.2) is 30.8 Å². The van der Waals surface area contributed by atoms with Crippen LogP contribution in [0, 0.1) is 0 Å². The van der Waals surface area contributed by atoms with Crippen LogP contribution in [0.25, 0.3) is 6.08 Å². The highest BCUT2D eigenvalue weighted by Crippen LogP contribution is 2.10. The summed E-state index contributed by atoms with van der Waals surface area (Å²) in [4.78, 5) is 5.52. The van der Waals surface area contributed by atoms with Crippen molar-refractivity contribution in [2.45, 2.75) is 59.2 Å². The standard InChI is InChI=1S/C21H38N2Si/c1-6-14-22(15-7-2)21(23(16-8-3)17-9-4)24-20-13-11-12-19(10-5)18-20/h10-13,18,21H,5-9,14-17,24H2,1-4H3. The average molecular weight is 347 g/mol. The lowest BCUT2D eigenvalue weighted by Crippen LogP contribution is -2.55. The van der Waals surface area contributed by atoms with E-state index in [2.05, 4.69) is 68.3 Å². The van der Waals surface area contributed by atoms with E-state index in [9.17, 15) is 0 Å². The molecule has 0 spiro atoms. The third-order valence-electron chi connectivity index (χ3n) is 4.49. The van der Waals surface area contributed by atoms with Gasteiger partial charge in [0.2, 0.25) is 0 Å². The molecule has 0 fully saturated rings. The highest BCUT2D eigenvalue weighted by atomic mass is 28.2. The van der Waals surface area contributed by atoms with Gasteiger partial charge in [-0.1, -0.05) is 69.8 Å². The maximum Gasteiger partial charge on any atom is 0.0923 e. The fourth-order valence-corrected chi connectivity index (χ4v) is 5.81. The quantitative estimate of drug-likeness (QED) is 0.397. The van der Waals surface area contributed by atoms with Crippen molar-refractivity contribution in [2.75, 3.05) is 26.2 Å². The summed E-state index contributed by atoms with van der Waals surface area (Å²) in [7, 11) is -0.400. The van der Waals surface area contributed by atoms with Crippen molar-refractivity contribution in [1.29, 1.82) is 0 Å². The first-order valence-corrected chi connectivity index (χ1v) is 11.4. The molecule has 3 heteroatoms. The minimum absolute atomic E-state index is 0.400. The molecule has 0 N–H and O–H groups in total. The fourth-order valence-electron chi connectivity index (χ4n) is 3.52. The molecule has 0 saturated heterocycles. The molecule has 0 radical (unpaired) electrons. The lowest BCUT2D eigenvalue weighted by molar-refractivity contribution is 0.0962. The lowest BCUT2D eigenvalue weighted by atomic mass is 10.2. The number of nitrogens with zero attached hydrogens (tertiary/aromatic N) is 2. The second-order valence-corrected chi connectivity index (χ2v) is 8.66. The highest BCUT2D eigenvalue weighted by Gasteiger charge is 2.24. The summed E-state index contributed by atoms with van der Waals surface area (Å²) < 4.78 is 0. The van der Waals surface area contributed by atoms with E-state index in [4.69, 9.17) is 0 Å². The van der Waals surface area contributed by atoms with E-state index < -0.39 is 9.52 Å². The van der Waals surface area contributed by atoms with Gasteiger partial charge in [0.25, 0.3) is 0 Å². The van der Waals surface area contributed by atoms with E-state index in [1.807, 2.05) is 6.08 Å². The monoisotopic (exact) mass is 346 g/mol. The Hall–Kier alpha value is -0.903. The van der Waals surface area contributed by atoms with Gasteiger partial charge >= 0.3 is 0 Å². The first-order valence-electron chi connectivity index (χ1n) is 9.89. The van der Waals surface area contributed by atoms with Crippen molar-refractivity contribution < 1.29 is 0 Å². The first-order chi connectivity index (χ1) is 11.7. The number of hydrogen-bond acceptors (Lipinski definition) is 2. The van der Waals surface area contributed by atoms with Gasteiger partial charge in [-0.3, -0.25) is 9.80 Å². The smallest absolute Gasteiger partial charge is 0.0923 e. The third kappa shape index (κ3) is 6.92. The van der Waals surface area contributed by atoms with Crippen molar-refractivity contribution in [3.63, 3.8) is 0 Å². The van der Waals surface area contributed by atoms with Crippen molar-refractivity contribution in [3.8, 4) is 0 Å². The molecule has 0 heterocycles.